The minimum absolute atomic E-state index is 0.0535. The van der Waals surface area contributed by atoms with Crippen LogP contribution in [0, 0.1) is 5.41 Å². The van der Waals surface area contributed by atoms with Gasteiger partial charge in [-0.3, -0.25) is 0 Å². The monoisotopic (exact) mass is 279 g/mol. The van der Waals surface area contributed by atoms with Gasteiger partial charge >= 0.3 is 0 Å². The maximum atomic E-state index is 5.55. The van der Waals surface area contributed by atoms with Crippen molar-refractivity contribution in [3.8, 4) is 0 Å². The molecular weight excluding hydrogens is 250 g/mol. The normalized spacial score (nSPS) is 12.7. The van der Waals surface area contributed by atoms with E-state index in [1.165, 1.54) is 6.33 Å². The molecule has 0 aliphatic rings. The molecule has 114 valence electrons. The van der Waals surface area contributed by atoms with Crippen LogP contribution in [-0.2, 0) is 0 Å². The fraction of sp³-hybridized carbons (Fsp3) is 0.733. The Labute approximate surface area is 122 Å². The summed E-state index contributed by atoms with van der Waals surface area (Å²) in [6.07, 6.45) is 2.57. The third-order valence-electron chi connectivity index (χ3n) is 3.03. The van der Waals surface area contributed by atoms with Gasteiger partial charge in [-0.05, 0) is 31.6 Å². The first-order valence-corrected chi connectivity index (χ1v) is 7.15. The molecule has 20 heavy (non-hydrogen) atoms. The van der Waals surface area contributed by atoms with Gasteiger partial charge in [0, 0.05) is 11.1 Å². The number of nitrogen functional groups attached to an aromatic ring is 1. The number of anilines is 2. The molecule has 0 spiro atoms. The number of nitrogens with two attached hydrogens (primary N) is 1. The van der Waals surface area contributed by atoms with Crippen molar-refractivity contribution in [2.45, 2.75) is 66.3 Å². The molecule has 0 saturated carbocycles. The van der Waals surface area contributed by atoms with E-state index >= 15 is 0 Å². The SMILES string of the molecule is CC(C)c1c(NN)ncnc1NC(C)(C)CC(C)(C)C. The van der Waals surface area contributed by atoms with Crippen molar-refractivity contribution in [2.75, 3.05) is 10.7 Å². The van der Waals surface area contributed by atoms with Crippen molar-refractivity contribution in [1.82, 2.24) is 9.97 Å². The van der Waals surface area contributed by atoms with Crippen molar-refractivity contribution in [3.05, 3.63) is 11.9 Å². The van der Waals surface area contributed by atoms with Crippen LogP contribution in [0.3, 0.4) is 0 Å². The zero-order valence-corrected chi connectivity index (χ0v) is 13.8. The summed E-state index contributed by atoms with van der Waals surface area (Å²) in [5.74, 6) is 7.38. The minimum atomic E-state index is -0.0535. The second-order valence-electron chi connectivity index (χ2n) is 7.53. The summed E-state index contributed by atoms with van der Waals surface area (Å²) < 4.78 is 0. The van der Waals surface area contributed by atoms with Gasteiger partial charge in [-0.2, -0.15) is 0 Å². The third kappa shape index (κ3) is 4.63. The molecule has 1 rings (SSSR count). The molecule has 0 aliphatic heterocycles. The van der Waals surface area contributed by atoms with Gasteiger partial charge in [-0.1, -0.05) is 34.6 Å². The molecule has 0 bridgehead atoms. The summed E-state index contributed by atoms with van der Waals surface area (Å²) in [7, 11) is 0. The Bertz CT molecular complexity index is 446. The quantitative estimate of drug-likeness (QED) is 0.568. The molecule has 1 aromatic rings. The van der Waals surface area contributed by atoms with E-state index in [1.807, 2.05) is 0 Å². The summed E-state index contributed by atoms with van der Waals surface area (Å²) in [6.45, 7) is 15.3. The van der Waals surface area contributed by atoms with Crippen LogP contribution in [0.5, 0.6) is 0 Å². The summed E-state index contributed by atoms with van der Waals surface area (Å²) in [4.78, 5) is 8.60. The van der Waals surface area contributed by atoms with Gasteiger partial charge in [0.25, 0.3) is 0 Å². The zero-order valence-electron chi connectivity index (χ0n) is 13.8. The van der Waals surface area contributed by atoms with Crippen LogP contribution in [0.4, 0.5) is 11.6 Å². The van der Waals surface area contributed by atoms with Gasteiger partial charge in [0.2, 0.25) is 0 Å². The molecule has 1 aromatic heterocycles. The molecule has 5 heteroatoms. The molecule has 0 aromatic carbocycles. The lowest BCUT2D eigenvalue weighted by Gasteiger charge is -2.34. The Morgan fingerprint density at radius 2 is 1.65 bits per heavy atom. The highest BCUT2D eigenvalue weighted by Crippen LogP contribution is 2.33. The Kier molecular flexibility index (Phi) is 4.97. The van der Waals surface area contributed by atoms with E-state index in [0.29, 0.717) is 5.82 Å². The largest absolute Gasteiger partial charge is 0.365 e. The lowest BCUT2D eigenvalue weighted by Crippen LogP contribution is -2.36. The van der Waals surface area contributed by atoms with E-state index in [4.69, 9.17) is 5.84 Å². The third-order valence-corrected chi connectivity index (χ3v) is 3.03. The zero-order chi connectivity index (χ0) is 15.6. The van der Waals surface area contributed by atoms with Crippen molar-refractivity contribution < 1.29 is 0 Å². The Hall–Kier alpha value is -1.36. The van der Waals surface area contributed by atoms with Crippen LogP contribution in [-0.4, -0.2) is 15.5 Å². The van der Waals surface area contributed by atoms with Crippen LogP contribution in [0.1, 0.15) is 66.4 Å². The van der Waals surface area contributed by atoms with Crippen LogP contribution in [0.2, 0.25) is 0 Å². The first kappa shape index (κ1) is 16.7. The molecule has 0 amide bonds. The van der Waals surface area contributed by atoms with Gasteiger partial charge < -0.3 is 10.7 Å². The van der Waals surface area contributed by atoms with Crippen LogP contribution >= 0.6 is 0 Å². The van der Waals surface area contributed by atoms with Crippen molar-refractivity contribution >= 4 is 11.6 Å². The molecule has 0 radical (unpaired) electrons. The number of hydrazine groups is 1. The maximum Gasteiger partial charge on any atom is 0.148 e. The average Bonchev–Trinajstić information content (AvgIpc) is 2.23. The number of nitrogens with zero attached hydrogens (tertiary/aromatic N) is 2. The predicted molar refractivity (Wildman–Crippen MR) is 85.7 cm³/mol. The van der Waals surface area contributed by atoms with Crippen LogP contribution in [0.15, 0.2) is 6.33 Å². The number of rotatable bonds is 5. The van der Waals surface area contributed by atoms with Gasteiger partial charge in [0.15, 0.2) is 0 Å². The van der Waals surface area contributed by atoms with E-state index in [0.717, 1.165) is 17.8 Å². The summed E-state index contributed by atoms with van der Waals surface area (Å²) >= 11 is 0. The van der Waals surface area contributed by atoms with E-state index in [2.05, 4.69) is 69.2 Å². The van der Waals surface area contributed by atoms with E-state index in [1.54, 1.807) is 0 Å². The highest BCUT2D eigenvalue weighted by Gasteiger charge is 2.27. The molecule has 0 atom stereocenters. The molecule has 4 N–H and O–H groups in total. The lowest BCUT2D eigenvalue weighted by atomic mass is 9.81. The second kappa shape index (κ2) is 5.95. The Morgan fingerprint density at radius 3 is 2.10 bits per heavy atom. The number of aromatic nitrogens is 2. The van der Waals surface area contributed by atoms with Gasteiger partial charge in [-0.25, -0.2) is 15.8 Å². The van der Waals surface area contributed by atoms with Crippen molar-refractivity contribution in [1.29, 1.82) is 0 Å². The smallest absolute Gasteiger partial charge is 0.148 e. The number of hydrogen-bond acceptors (Lipinski definition) is 5. The van der Waals surface area contributed by atoms with E-state index in [9.17, 15) is 0 Å². The Morgan fingerprint density at radius 1 is 1.10 bits per heavy atom. The lowest BCUT2D eigenvalue weighted by molar-refractivity contribution is 0.302. The molecule has 0 aliphatic carbocycles. The molecule has 1 heterocycles. The highest BCUT2D eigenvalue weighted by molar-refractivity contribution is 5.59. The molecule has 0 unspecified atom stereocenters. The molecule has 0 fully saturated rings. The van der Waals surface area contributed by atoms with Crippen molar-refractivity contribution in [3.63, 3.8) is 0 Å². The fourth-order valence-corrected chi connectivity index (χ4v) is 2.85. The van der Waals surface area contributed by atoms with Crippen molar-refractivity contribution in [2.24, 2.45) is 11.3 Å². The summed E-state index contributed by atoms with van der Waals surface area (Å²) in [6, 6.07) is 0. The fourth-order valence-electron chi connectivity index (χ4n) is 2.85. The first-order valence-electron chi connectivity index (χ1n) is 7.15. The number of hydrogen-bond donors (Lipinski definition) is 3. The second-order valence-corrected chi connectivity index (χ2v) is 7.53. The molecule has 0 saturated heterocycles. The van der Waals surface area contributed by atoms with Gasteiger partial charge in [-0.15, -0.1) is 0 Å². The first-order chi connectivity index (χ1) is 9.06. The Balaban J connectivity index is 3.09. The standard InChI is InChI=1S/C15H29N5/c1-10(2)11-12(17-9-18-13(11)20-16)19-15(6,7)8-14(3,4)5/h9-10H,8,16H2,1-7H3,(H2,17,18,19,20). The maximum absolute atomic E-state index is 5.55. The topological polar surface area (TPSA) is 75.9 Å². The molecular formula is C15H29N5. The highest BCUT2D eigenvalue weighted by atomic mass is 15.3. The van der Waals surface area contributed by atoms with E-state index in [-0.39, 0.29) is 16.9 Å². The summed E-state index contributed by atoms with van der Waals surface area (Å²) in [5.41, 5.74) is 3.88. The van der Waals surface area contributed by atoms with Crippen LogP contribution in [0.25, 0.3) is 0 Å². The van der Waals surface area contributed by atoms with Gasteiger partial charge in [0.1, 0.15) is 18.0 Å². The predicted octanol–water partition coefficient (Wildman–Crippen LogP) is 3.51. The molecule has 5 nitrogen and oxygen atoms in total. The van der Waals surface area contributed by atoms with E-state index < -0.39 is 0 Å². The number of nitrogens with one attached hydrogen (secondary N) is 2. The van der Waals surface area contributed by atoms with Crippen LogP contribution < -0.4 is 16.6 Å². The average molecular weight is 279 g/mol. The summed E-state index contributed by atoms with van der Waals surface area (Å²) in [5, 5.41) is 3.55. The minimum Gasteiger partial charge on any atom is -0.365 e. The van der Waals surface area contributed by atoms with Gasteiger partial charge in [0.05, 0.1) is 0 Å².